The molecular formula is C13H15Cl2NS. The maximum Gasteiger partial charge on any atom is 0.0557 e. The molecule has 2 aliphatic heterocycles. The Labute approximate surface area is 116 Å². The highest BCUT2D eigenvalue weighted by atomic mass is 35.5. The van der Waals surface area contributed by atoms with Gasteiger partial charge in [-0.2, -0.15) is 0 Å². The van der Waals surface area contributed by atoms with E-state index in [-0.39, 0.29) is 0 Å². The zero-order valence-corrected chi connectivity index (χ0v) is 11.8. The van der Waals surface area contributed by atoms with Crippen molar-refractivity contribution < 1.29 is 0 Å². The Morgan fingerprint density at radius 3 is 2.24 bits per heavy atom. The minimum atomic E-state index is 0.658. The maximum atomic E-state index is 6.22. The number of hydrogen-bond donors (Lipinski definition) is 1. The predicted molar refractivity (Wildman–Crippen MR) is 75.3 cm³/mol. The van der Waals surface area contributed by atoms with Gasteiger partial charge < -0.3 is 5.32 Å². The summed E-state index contributed by atoms with van der Waals surface area (Å²) in [4.78, 5) is 1.06. The Morgan fingerprint density at radius 2 is 1.65 bits per heavy atom. The summed E-state index contributed by atoms with van der Waals surface area (Å²) in [5.74, 6) is 0. The lowest BCUT2D eigenvalue weighted by Crippen LogP contribution is -2.39. The van der Waals surface area contributed by atoms with E-state index < -0.39 is 0 Å². The van der Waals surface area contributed by atoms with Crippen molar-refractivity contribution in [1.82, 2.24) is 5.32 Å². The van der Waals surface area contributed by atoms with Crippen molar-refractivity contribution in [2.24, 2.45) is 0 Å². The van der Waals surface area contributed by atoms with Crippen LogP contribution in [0.25, 0.3) is 0 Å². The highest BCUT2D eigenvalue weighted by molar-refractivity contribution is 8.00. The Bertz CT molecular complexity index is 392. The first-order chi connectivity index (χ1) is 8.22. The molecule has 1 aromatic carbocycles. The summed E-state index contributed by atoms with van der Waals surface area (Å²) in [5.41, 5.74) is 0. The van der Waals surface area contributed by atoms with Crippen LogP contribution < -0.4 is 5.32 Å². The fourth-order valence-corrected chi connectivity index (χ4v) is 4.88. The summed E-state index contributed by atoms with van der Waals surface area (Å²) >= 11 is 14.3. The van der Waals surface area contributed by atoms with Gasteiger partial charge in [-0.1, -0.05) is 29.3 Å². The summed E-state index contributed by atoms with van der Waals surface area (Å²) in [5, 5.41) is 5.89. The van der Waals surface area contributed by atoms with Crippen molar-refractivity contribution in [3.8, 4) is 0 Å². The molecule has 0 unspecified atom stereocenters. The van der Waals surface area contributed by atoms with Gasteiger partial charge in [0.2, 0.25) is 0 Å². The van der Waals surface area contributed by atoms with E-state index in [1.165, 1.54) is 25.7 Å². The second-order valence-corrected chi connectivity index (χ2v) is 7.02. The molecule has 2 atom stereocenters. The van der Waals surface area contributed by atoms with Gasteiger partial charge in [-0.05, 0) is 37.8 Å². The second-order valence-electron chi connectivity index (χ2n) is 4.90. The molecule has 0 aliphatic carbocycles. The number of nitrogens with one attached hydrogen (secondary N) is 1. The van der Waals surface area contributed by atoms with E-state index in [0.717, 1.165) is 14.9 Å². The van der Waals surface area contributed by atoms with Gasteiger partial charge in [-0.3, -0.25) is 0 Å². The van der Waals surface area contributed by atoms with Gasteiger partial charge >= 0.3 is 0 Å². The monoisotopic (exact) mass is 287 g/mol. The van der Waals surface area contributed by atoms with E-state index in [1.807, 2.05) is 30.0 Å². The topological polar surface area (TPSA) is 12.0 Å². The lowest BCUT2D eigenvalue weighted by atomic mass is 10.1. The average molecular weight is 288 g/mol. The number of halogens is 2. The van der Waals surface area contributed by atoms with Crippen LogP contribution in [0.1, 0.15) is 25.7 Å². The molecule has 2 saturated heterocycles. The van der Waals surface area contributed by atoms with Crippen molar-refractivity contribution >= 4 is 35.0 Å². The van der Waals surface area contributed by atoms with Gasteiger partial charge in [0.25, 0.3) is 0 Å². The smallest absolute Gasteiger partial charge is 0.0557 e. The first-order valence-corrected chi connectivity index (χ1v) is 7.72. The molecule has 1 N–H and O–H groups in total. The molecule has 0 amide bonds. The Hall–Kier alpha value is 0.110. The molecule has 1 nitrogen and oxygen atoms in total. The SMILES string of the molecule is Clc1cccc(Cl)c1SC1C[C@H]2CC[C@H](C1)N2. The number of fused-ring (bicyclic) bond motifs is 2. The maximum absolute atomic E-state index is 6.22. The molecule has 0 radical (unpaired) electrons. The first kappa shape index (κ1) is 12.2. The van der Waals surface area contributed by atoms with E-state index >= 15 is 0 Å². The minimum Gasteiger partial charge on any atom is -0.311 e. The molecule has 2 fully saturated rings. The Morgan fingerprint density at radius 1 is 1.06 bits per heavy atom. The molecule has 0 spiro atoms. The Kier molecular flexibility index (Phi) is 3.58. The van der Waals surface area contributed by atoms with Gasteiger partial charge in [0.1, 0.15) is 0 Å². The first-order valence-electron chi connectivity index (χ1n) is 6.09. The van der Waals surface area contributed by atoms with Crippen LogP contribution in [0.3, 0.4) is 0 Å². The number of thioether (sulfide) groups is 1. The second kappa shape index (κ2) is 5.00. The molecule has 4 heteroatoms. The highest BCUT2D eigenvalue weighted by Gasteiger charge is 2.34. The molecule has 92 valence electrons. The van der Waals surface area contributed by atoms with Crippen LogP contribution in [0, 0.1) is 0 Å². The van der Waals surface area contributed by atoms with Crippen LogP contribution >= 0.6 is 35.0 Å². The van der Waals surface area contributed by atoms with Crippen LogP contribution in [-0.2, 0) is 0 Å². The summed E-state index contributed by atoms with van der Waals surface area (Å²) < 4.78 is 0. The van der Waals surface area contributed by atoms with Crippen LogP contribution in [0.15, 0.2) is 23.1 Å². The molecule has 3 rings (SSSR count). The molecule has 0 aromatic heterocycles. The molecule has 1 aromatic rings. The van der Waals surface area contributed by atoms with E-state index in [9.17, 15) is 0 Å². The van der Waals surface area contributed by atoms with Gasteiger partial charge in [-0.15, -0.1) is 11.8 Å². The van der Waals surface area contributed by atoms with Crippen molar-refractivity contribution in [3.63, 3.8) is 0 Å². The third-order valence-electron chi connectivity index (χ3n) is 3.63. The van der Waals surface area contributed by atoms with E-state index in [0.29, 0.717) is 17.3 Å². The van der Waals surface area contributed by atoms with Crippen molar-refractivity contribution in [2.45, 2.75) is 47.9 Å². The number of hydrogen-bond acceptors (Lipinski definition) is 2. The third-order valence-corrected chi connectivity index (χ3v) is 5.88. The standard InChI is InChI=1S/C13H15Cl2NS/c14-11-2-1-3-12(15)13(11)17-10-6-8-4-5-9(7-10)16-8/h1-3,8-10,16H,4-7H2/t8-,9-/m1/s1. The number of piperidine rings is 1. The molecule has 17 heavy (non-hydrogen) atoms. The minimum absolute atomic E-state index is 0.658. The molecule has 2 heterocycles. The van der Waals surface area contributed by atoms with Crippen LogP contribution in [0.4, 0.5) is 0 Å². The van der Waals surface area contributed by atoms with Gasteiger partial charge in [0.15, 0.2) is 0 Å². The quantitative estimate of drug-likeness (QED) is 0.867. The van der Waals surface area contributed by atoms with E-state index in [2.05, 4.69) is 5.32 Å². The predicted octanol–water partition coefficient (Wildman–Crippen LogP) is 4.37. The normalized spacial score (nSPS) is 31.8. The van der Waals surface area contributed by atoms with Crippen molar-refractivity contribution in [3.05, 3.63) is 28.2 Å². The highest BCUT2D eigenvalue weighted by Crippen LogP contribution is 2.42. The number of rotatable bonds is 2. The van der Waals surface area contributed by atoms with Gasteiger partial charge in [0.05, 0.1) is 10.0 Å². The summed E-state index contributed by atoms with van der Waals surface area (Å²) in [6, 6.07) is 7.18. The van der Waals surface area contributed by atoms with Crippen molar-refractivity contribution in [1.29, 1.82) is 0 Å². The summed E-state index contributed by atoms with van der Waals surface area (Å²) in [6.07, 6.45) is 5.14. The van der Waals surface area contributed by atoms with Gasteiger partial charge in [0, 0.05) is 22.2 Å². The number of benzene rings is 1. The van der Waals surface area contributed by atoms with E-state index in [1.54, 1.807) is 0 Å². The van der Waals surface area contributed by atoms with Crippen molar-refractivity contribution in [2.75, 3.05) is 0 Å². The van der Waals surface area contributed by atoms with E-state index in [4.69, 9.17) is 23.2 Å². The molecular weight excluding hydrogens is 273 g/mol. The fourth-order valence-electron chi connectivity index (χ4n) is 2.86. The zero-order valence-electron chi connectivity index (χ0n) is 9.46. The fraction of sp³-hybridized carbons (Fsp3) is 0.538. The summed E-state index contributed by atoms with van der Waals surface area (Å²) in [6.45, 7) is 0. The molecule has 2 aliphatic rings. The zero-order chi connectivity index (χ0) is 11.8. The Balaban J connectivity index is 1.74. The molecule has 0 saturated carbocycles. The third kappa shape index (κ3) is 2.60. The van der Waals surface area contributed by atoms with Crippen LogP contribution in [0.2, 0.25) is 10.0 Å². The van der Waals surface area contributed by atoms with Crippen LogP contribution in [0.5, 0.6) is 0 Å². The largest absolute Gasteiger partial charge is 0.311 e. The van der Waals surface area contributed by atoms with Crippen LogP contribution in [-0.4, -0.2) is 17.3 Å². The molecule has 2 bridgehead atoms. The van der Waals surface area contributed by atoms with Gasteiger partial charge in [-0.25, -0.2) is 0 Å². The summed E-state index contributed by atoms with van der Waals surface area (Å²) in [7, 11) is 0. The lowest BCUT2D eigenvalue weighted by molar-refractivity contribution is 0.415. The average Bonchev–Trinajstić information content (AvgIpc) is 2.64. The lowest BCUT2D eigenvalue weighted by Gasteiger charge is -2.29.